The van der Waals surface area contributed by atoms with E-state index in [1.54, 1.807) is 24.4 Å². The highest BCUT2D eigenvalue weighted by molar-refractivity contribution is 5.91. The zero-order valence-electron chi connectivity index (χ0n) is 15.2. The molecule has 0 aliphatic carbocycles. The minimum absolute atomic E-state index is 0.236. The summed E-state index contributed by atoms with van der Waals surface area (Å²) in [4.78, 5) is 29.7. The number of ether oxygens (including phenoxy) is 1. The molecule has 2 aromatic heterocycles. The first-order chi connectivity index (χ1) is 13.6. The number of pyridine rings is 1. The Morgan fingerprint density at radius 2 is 1.89 bits per heavy atom. The van der Waals surface area contributed by atoms with E-state index in [0.29, 0.717) is 11.5 Å². The summed E-state index contributed by atoms with van der Waals surface area (Å²) in [6.07, 6.45) is 5.95. The molecule has 0 bridgehead atoms. The van der Waals surface area contributed by atoms with Gasteiger partial charge in [-0.05, 0) is 30.3 Å². The van der Waals surface area contributed by atoms with Crippen molar-refractivity contribution < 1.29 is 9.53 Å². The van der Waals surface area contributed by atoms with Gasteiger partial charge in [0.2, 0.25) is 0 Å². The highest BCUT2D eigenvalue weighted by atomic mass is 16.5. The smallest absolute Gasteiger partial charge is 0.338 e. The van der Waals surface area contributed by atoms with Crippen LogP contribution < -0.4 is 10.9 Å². The van der Waals surface area contributed by atoms with Gasteiger partial charge in [-0.3, -0.25) is 9.20 Å². The quantitative estimate of drug-likeness (QED) is 0.388. The molecule has 0 aliphatic rings. The molecule has 0 radical (unpaired) electrons. The van der Waals surface area contributed by atoms with E-state index < -0.39 is 5.97 Å². The van der Waals surface area contributed by atoms with E-state index in [2.05, 4.69) is 23.5 Å². The van der Waals surface area contributed by atoms with Crippen molar-refractivity contribution in [2.45, 2.75) is 6.61 Å². The fraction of sp³-hybridized carbons (Fsp3) is 0.0455. The fourth-order valence-corrected chi connectivity index (χ4v) is 2.58. The minimum atomic E-state index is -0.599. The number of benzene rings is 1. The Kier molecular flexibility index (Phi) is 5.81. The molecule has 28 heavy (non-hydrogen) atoms. The van der Waals surface area contributed by atoms with Crippen LogP contribution in [0, 0.1) is 0 Å². The van der Waals surface area contributed by atoms with Crippen molar-refractivity contribution in [2.75, 3.05) is 5.32 Å². The third-order valence-corrected chi connectivity index (χ3v) is 3.96. The Bertz CT molecular complexity index is 1110. The van der Waals surface area contributed by atoms with Crippen molar-refractivity contribution in [3.63, 3.8) is 0 Å². The number of hydrogen-bond donors (Lipinski definition) is 1. The number of nitrogens with one attached hydrogen (secondary N) is 1. The summed E-state index contributed by atoms with van der Waals surface area (Å²) in [5, 5.41) is 3.13. The van der Waals surface area contributed by atoms with Crippen LogP contribution in [0.2, 0.25) is 0 Å². The van der Waals surface area contributed by atoms with Crippen molar-refractivity contribution in [3.8, 4) is 0 Å². The van der Waals surface area contributed by atoms with E-state index in [1.807, 2.05) is 30.3 Å². The van der Waals surface area contributed by atoms with Crippen molar-refractivity contribution >= 4 is 23.1 Å². The topological polar surface area (TPSA) is 72.7 Å². The van der Waals surface area contributed by atoms with Crippen molar-refractivity contribution in [1.29, 1.82) is 0 Å². The predicted molar refractivity (Wildman–Crippen MR) is 109 cm³/mol. The summed E-state index contributed by atoms with van der Waals surface area (Å²) in [5.41, 5.74) is 1.42. The molecule has 0 fully saturated rings. The second kappa shape index (κ2) is 8.64. The SMILES string of the molecule is C=C/C=C(\C=C)C(=O)OCc1c(Nc2ccccc2)nc2ccccn2c1=O. The van der Waals surface area contributed by atoms with E-state index in [9.17, 15) is 9.59 Å². The van der Waals surface area contributed by atoms with E-state index in [1.165, 1.54) is 22.6 Å². The van der Waals surface area contributed by atoms with Crippen LogP contribution in [0.4, 0.5) is 11.5 Å². The number of carbonyl (C=O) groups is 1. The van der Waals surface area contributed by atoms with Crippen molar-refractivity contribution in [2.24, 2.45) is 0 Å². The molecule has 0 saturated carbocycles. The van der Waals surface area contributed by atoms with Crippen molar-refractivity contribution in [3.05, 3.63) is 108 Å². The second-order valence-corrected chi connectivity index (χ2v) is 5.80. The van der Waals surface area contributed by atoms with Gasteiger partial charge in [0.05, 0.1) is 11.1 Å². The Morgan fingerprint density at radius 1 is 1.14 bits per heavy atom. The number of aromatic nitrogens is 2. The Hall–Kier alpha value is -3.93. The zero-order valence-corrected chi connectivity index (χ0v) is 15.2. The predicted octanol–water partition coefficient (Wildman–Crippen LogP) is 3.78. The van der Waals surface area contributed by atoms with Gasteiger partial charge >= 0.3 is 5.97 Å². The lowest BCUT2D eigenvalue weighted by molar-refractivity contribution is -0.139. The molecule has 2 heterocycles. The van der Waals surface area contributed by atoms with Gasteiger partial charge in [-0.15, -0.1) is 0 Å². The molecule has 0 spiro atoms. The lowest BCUT2D eigenvalue weighted by Gasteiger charge is -2.13. The maximum atomic E-state index is 13.0. The Labute approximate surface area is 162 Å². The average Bonchev–Trinajstić information content (AvgIpc) is 2.72. The molecule has 3 rings (SSSR count). The number of anilines is 2. The molecule has 140 valence electrons. The first-order valence-corrected chi connectivity index (χ1v) is 8.58. The second-order valence-electron chi connectivity index (χ2n) is 5.80. The van der Waals surface area contributed by atoms with Gasteiger partial charge in [0, 0.05) is 11.9 Å². The van der Waals surface area contributed by atoms with E-state index >= 15 is 0 Å². The molecule has 6 heteroatoms. The number of rotatable bonds is 7. The van der Waals surface area contributed by atoms with Crippen LogP contribution in [0.5, 0.6) is 0 Å². The molecule has 3 aromatic rings. The summed E-state index contributed by atoms with van der Waals surface area (Å²) < 4.78 is 6.73. The molecule has 0 amide bonds. The standard InChI is InChI=1S/C22H19N3O3/c1-3-10-16(4-2)22(27)28-15-18-20(23-17-11-6-5-7-12-17)24-19-13-8-9-14-25(19)21(18)26/h3-14,23H,1-2,15H2/b16-10+. The molecule has 0 atom stereocenters. The van der Waals surface area contributed by atoms with Gasteiger partial charge in [0.1, 0.15) is 18.1 Å². The molecule has 6 nitrogen and oxygen atoms in total. The highest BCUT2D eigenvalue weighted by Crippen LogP contribution is 2.18. The van der Waals surface area contributed by atoms with Crippen LogP contribution in [0.15, 0.2) is 96.5 Å². The molecule has 0 aliphatic heterocycles. The molecule has 1 aromatic carbocycles. The molecule has 0 unspecified atom stereocenters. The van der Waals surface area contributed by atoms with Gasteiger partial charge in [-0.25, -0.2) is 9.78 Å². The lowest BCUT2D eigenvalue weighted by Crippen LogP contribution is -2.23. The molecule has 0 saturated heterocycles. The summed E-state index contributed by atoms with van der Waals surface area (Å²) in [5.74, 6) is -0.263. The van der Waals surface area contributed by atoms with Gasteiger partial charge < -0.3 is 10.1 Å². The lowest BCUT2D eigenvalue weighted by atomic mass is 10.2. The normalized spacial score (nSPS) is 11.1. The summed E-state index contributed by atoms with van der Waals surface area (Å²) in [6.45, 7) is 6.90. The number of fused-ring (bicyclic) bond motifs is 1. The van der Waals surface area contributed by atoms with Crippen LogP contribution >= 0.6 is 0 Å². The number of carbonyl (C=O) groups excluding carboxylic acids is 1. The first-order valence-electron chi connectivity index (χ1n) is 8.58. The van der Waals surface area contributed by atoms with E-state index in [4.69, 9.17) is 4.74 Å². The van der Waals surface area contributed by atoms with Crippen LogP contribution in [-0.2, 0) is 16.1 Å². The maximum absolute atomic E-state index is 13.0. The number of allylic oxidation sites excluding steroid dienone is 2. The van der Waals surface area contributed by atoms with Gasteiger partial charge in [0.25, 0.3) is 5.56 Å². The average molecular weight is 373 g/mol. The van der Waals surface area contributed by atoms with Crippen LogP contribution in [-0.4, -0.2) is 15.4 Å². The number of esters is 1. The largest absolute Gasteiger partial charge is 0.457 e. The van der Waals surface area contributed by atoms with E-state index in [0.717, 1.165) is 5.69 Å². The first kappa shape index (κ1) is 18.8. The van der Waals surface area contributed by atoms with Gasteiger partial charge in [0.15, 0.2) is 0 Å². The van der Waals surface area contributed by atoms with E-state index in [-0.39, 0.29) is 23.3 Å². The van der Waals surface area contributed by atoms with Crippen LogP contribution in [0.1, 0.15) is 5.56 Å². The highest BCUT2D eigenvalue weighted by Gasteiger charge is 2.16. The van der Waals surface area contributed by atoms with Crippen LogP contribution in [0.25, 0.3) is 5.65 Å². The van der Waals surface area contributed by atoms with Crippen LogP contribution in [0.3, 0.4) is 0 Å². The summed E-state index contributed by atoms with van der Waals surface area (Å²) in [6, 6.07) is 14.6. The number of para-hydroxylation sites is 1. The maximum Gasteiger partial charge on any atom is 0.338 e. The monoisotopic (exact) mass is 373 g/mol. The molecule has 1 N–H and O–H groups in total. The third-order valence-electron chi connectivity index (χ3n) is 3.96. The summed E-state index contributed by atoms with van der Waals surface area (Å²) >= 11 is 0. The summed E-state index contributed by atoms with van der Waals surface area (Å²) in [7, 11) is 0. The fourth-order valence-electron chi connectivity index (χ4n) is 2.58. The number of nitrogens with zero attached hydrogens (tertiary/aromatic N) is 2. The molecular formula is C22H19N3O3. The van der Waals surface area contributed by atoms with Gasteiger partial charge in [-0.2, -0.15) is 0 Å². The minimum Gasteiger partial charge on any atom is -0.457 e. The third kappa shape index (κ3) is 4.07. The molecular weight excluding hydrogens is 354 g/mol. The van der Waals surface area contributed by atoms with Gasteiger partial charge in [-0.1, -0.05) is 49.6 Å². The Morgan fingerprint density at radius 3 is 2.61 bits per heavy atom. The Balaban J connectivity index is 2.00. The van der Waals surface area contributed by atoms with Crippen molar-refractivity contribution in [1.82, 2.24) is 9.38 Å². The zero-order chi connectivity index (χ0) is 19.9. The number of hydrogen-bond acceptors (Lipinski definition) is 5.